The Morgan fingerprint density at radius 3 is 1.00 bits per heavy atom. The first kappa shape index (κ1) is 75.3. The van der Waals surface area contributed by atoms with Crippen LogP contribution in [0.1, 0.15) is 393 Å². The van der Waals surface area contributed by atoms with Crippen molar-refractivity contribution in [3.05, 3.63) is 24.3 Å². The van der Waals surface area contributed by atoms with Crippen LogP contribution in [0.3, 0.4) is 0 Å². The van der Waals surface area contributed by atoms with Gasteiger partial charge < -0.3 is 20.3 Å². The third kappa shape index (κ3) is 63.4. The van der Waals surface area contributed by atoms with Gasteiger partial charge in [-0.3, -0.25) is 9.59 Å². The zero-order valence-corrected chi connectivity index (χ0v) is 52.2. The van der Waals surface area contributed by atoms with Crippen LogP contribution in [0.25, 0.3) is 0 Å². The van der Waals surface area contributed by atoms with E-state index in [1.165, 1.54) is 308 Å². The highest BCUT2D eigenvalue weighted by Gasteiger charge is 2.20. The van der Waals surface area contributed by atoms with E-state index in [1.807, 2.05) is 0 Å². The quantitative estimate of drug-likeness (QED) is 0.0320. The molecule has 0 aliphatic heterocycles. The molecule has 77 heavy (non-hydrogen) atoms. The van der Waals surface area contributed by atoms with Crippen molar-refractivity contribution in [1.82, 2.24) is 5.32 Å². The Kier molecular flexibility index (Phi) is 65.4. The second kappa shape index (κ2) is 66.8. The fraction of sp³-hybridized carbons (Fsp3) is 0.915. The zero-order chi connectivity index (χ0) is 55.7. The van der Waals surface area contributed by atoms with Crippen molar-refractivity contribution in [2.24, 2.45) is 0 Å². The van der Waals surface area contributed by atoms with Crippen LogP contribution in [-0.4, -0.2) is 47.4 Å². The summed E-state index contributed by atoms with van der Waals surface area (Å²) in [7, 11) is 0. The average Bonchev–Trinajstić information content (AvgIpc) is 3.43. The van der Waals surface area contributed by atoms with Crippen LogP contribution in [0.15, 0.2) is 24.3 Å². The summed E-state index contributed by atoms with van der Waals surface area (Å²) in [6.45, 7) is 4.95. The number of hydrogen-bond acceptors (Lipinski definition) is 5. The number of ether oxygens (including phenoxy) is 1. The summed E-state index contributed by atoms with van der Waals surface area (Å²) in [5.74, 6) is -0.0160. The molecule has 0 aromatic carbocycles. The predicted octanol–water partition coefficient (Wildman–Crippen LogP) is 22.5. The van der Waals surface area contributed by atoms with E-state index in [4.69, 9.17) is 4.74 Å². The second-order valence-corrected chi connectivity index (χ2v) is 24.2. The molecule has 0 saturated heterocycles. The topological polar surface area (TPSA) is 95.9 Å². The Balaban J connectivity index is 3.29. The van der Waals surface area contributed by atoms with Crippen LogP contribution in [0.4, 0.5) is 0 Å². The zero-order valence-electron chi connectivity index (χ0n) is 52.2. The van der Waals surface area contributed by atoms with Gasteiger partial charge in [0.15, 0.2) is 0 Å². The molecule has 0 aliphatic rings. The van der Waals surface area contributed by atoms with Gasteiger partial charge in [-0.25, -0.2) is 0 Å². The van der Waals surface area contributed by atoms with E-state index in [1.54, 1.807) is 0 Å². The number of allylic oxidation sites excluding steroid dienone is 4. The summed E-state index contributed by atoms with van der Waals surface area (Å²) in [5.41, 5.74) is 0. The molecule has 1 amide bonds. The van der Waals surface area contributed by atoms with E-state index in [9.17, 15) is 19.8 Å². The lowest BCUT2D eigenvalue weighted by molar-refractivity contribution is -0.143. The third-order valence-corrected chi connectivity index (χ3v) is 16.5. The molecule has 0 bridgehead atoms. The summed E-state index contributed by atoms with van der Waals surface area (Å²) in [4.78, 5) is 24.5. The van der Waals surface area contributed by atoms with E-state index in [-0.39, 0.29) is 18.5 Å². The van der Waals surface area contributed by atoms with Crippen molar-refractivity contribution >= 4 is 11.9 Å². The fourth-order valence-corrected chi connectivity index (χ4v) is 11.1. The van der Waals surface area contributed by atoms with Crippen molar-refractivity contribution in [1.29, 1.82) is 0 Å². The minimum Gasteiger partial charge on any atom is -0.466 e. The summed E-state index contributed by atoms with van der Waals surface area (Å²) in [5, 5.41) is 23.2. The van der Waals surface area contributed by atoms with Crippen LogP contribution >= 0.6 is 0 Å². The highest BCUT2D eigenvalue weighted by atomic mass is 16.5. The maximum atomic E-state index is 12.4. The summed E-state index contributed by atoms with van der Waals surface area (Å²) in [6, 6.07) is -0.536. The number of aliphatic hydroxyl groups is 2. The van der Waals surface area contributed by atoms with Gasteiger partial charge in [-0.05, 0) is 57.8 Å². The lowest BCUT2D eigenvalue weighted by atomic mass is 10.0. The number of esters is 1. The highest BCUT2D eigenvalue weighted by Crippen LogP contribution is 2.19. The molecule has 0 spiro atoms. The molecule has 0 heterocycles. The minimum absolute atomic E-state index is 0.0143. The first-order chi connectivity index (χ1) is 38.0. The van der Waals surface area contributed by atoms with Gasteiger partial charge in [-0.2, -0.15) is 0 Å². The van der Waals surface area contributed by atoms with Crippen molar-refractivity contribution in [3.8, 4) is 0 Å². The van der Waals surface area contributed by atoms with Gasteiger partial charge >= 0.3 is 5.97 Å². The number of carbonyl (C=O) groups is 2. The highest BCUT2D eigenvalue weighted by molar-refractivity contribution is 5.76. The van der Waals surface area contributed by atoms with E-state index in [0.29, 0.717) is 25.9 Å². The minimum atomic E-state index is -0.659. The lowest BCUT2D eigenvalue weighted by Crippen LogP contribution is -2.45. The number of amides is 1. The molecule has 0 aromatic heterocycles. The van der Waals surface area contributed by atoms with Crippen LogP contribution in [0.5, 0.6) is 0 Å². The Morgan fingerprint density at radius 2 is 0.649 bits per heavy atom. The van der Waals surface area contributed by atoms with Crippen LogP contribution in [0, 0.1) is 0 Å². The molecule has 2 unspecified atom stereocenters. The maximum Gasteiger partial charge on any atom is 0.305 e. The number of aliphatic hydroxyl groups excluding tert-OH is 2. The van der Waals surface area contributed by atoms with E-state index >= 15 is 0 Å². The average molecular weight is 1080 g/mol. The number of rotatable bonds is 66. The Bertz CT molecular complexity index is 1200. The molecule has 0 saturated carbocycles. The monoisotopic (exact) mass is 1080 g/mol. The van der Waals surface area contributed by atoms with Crippen molar-refractivity contribution in [2.75, 3.05) is 13.2 Å². The predicted molar refractivity (Wildman–Crippen MR) is 338 cm³/mol. The molecule has 2 atom stereocenters. The van der Waals surface area contributed by atoms with Crippen molar-refractivity contribution < 1.29 is 24.5 Å². The summed E-state index contributed by atoms with van der Waals surface area (Å²) in [6.07, 6.45) is 83.9. The largest absolute Gasteiger partial charge is 0.466 e. The SMILES string of the molecule is CCCCCC/C=C\C/C=C\CCCCCCCCCC(=O)OCCCCCCCCCCCCCCCCCCCCCCCCCCCCCCCCCCC(=O)NC(CO)C(O)CCCCCCCCCCCC. The standard InChI is InChI=1S/C71H137NO5/c1-3-5-7-9-11-13-15-16-17-18-36-39-42-45-49-53-57-61-65-71(76)77-66-62-58-54-50-46-43-40-37-34-32-30-28-26-24-22-20-19-21-23-25-27-29-31-33-35-38-41-44-48-52-56-60-64-70(75)72-68(67-73)69(74)63-59-55-51-47-14-12-10-8-6-4-2/h13,15,17-18,68-69,73-74H,3-12,14,16,19-67H2,1-2H3,(H,72,75)/b15-13-,18-17-. The van der Waals surface area contributed by atoms with Gasteiger partial charge in [0.25, 0.3) is 0 Å². The first-order valence-electron chi connectivity index (χ1n) is 35.1. The molecular weight excluding hydrogens is 947 g/mol. The van der Waals surface area contributed by atoms with Gasteiger partial charge in [0, 0.05) is 12.8 Å². The summed E-state index contributed by atoms with van der Waals surface area (Å²) < 4.78 is 5.50. The molecule has 0 radical (unpaired) electrons. The number of unbranched alkanes of at least 4 members (excludes halogenated alkanes) is 51. The van der Waals surface area contributed by atoms with Crippen LogP contribution in [0.2, 0.25) is 0 Å². The van der Waals surface area contributed by atoms with Crippen LogP contribution in [-0.2, 0) is 14.3 Å². The smallest absolute Gasteiger partial charge is 0.305 e. The van der Waals surface area contributed by atoms with Crippen molar-refractivity contribution in [2.45, 2.75) is 405 Å². The molecule has 3 N–H and O–H groups in total. The van der Waals surface area contributed by atoms with Gasteiger partial charge in [-0.1, -0.05) is 346 Å². The molecule has 6 heteroatoms. The molecule has 0 rings (SSSR count). The van der Waals surface area contributed by atoms with E-state index in [2.05, 4.69) is 43.5 Å². The fourth-order valence-electron chi connectivity index (χ4n) is 11.1. The van der Waals surface area contributed by atoms with Gasteiger partial charge in [-0.15, -0.1) is 0 Å². The lowest BCUT2D eigenvalue weighted by Gasteiger charge is -2.22. The van der Waals surface area contributed by atoms with Gasteiger partial charge in [0.1, 0.15) is 0 Å². The van der Waals surface area contributed by atoms with Gasteiger partial charge in [0.2, 0.25) is 5.91 Å². The number of carbonyl (C=O) groups excluding carboxylic acids is 2. The number of hydrogen-bond donors (Lipinski definition) is 3. The molecule has 0 aromatic rings. The second-order valence-electron chi connectivity index (χ2n) is 24.2. The third-order valence-electron chi connectivity index (χ3n) is 16.5. The normalized spacial score (nSPS) is 12.6. The maximum absolute atomic E-state index is 12.4. The summed E-state index contributed by atoms with van der Waals surface area (Å²) >= 11 is 0. The molecule has 6 nitrogen and oxygen atoms in total. The van der Waals surface area contributed by atoms with Crippen molar-refractivity contribution in [3.63, 3.8) is 0 Å². The first-order valence-corrected chi connectivity index (χ1v) is 35.1. The van der Waals surface area contributed by atoms with E-state index < -0.39 is 12.1 Å². The van der Waals surface area contributed by atoms with Gasteiger partial charge in [0.05, 0.1) is 25.4 Å². The Labute approximate surface area is 481 Å². The Morgan fingerprint density at radius 1 is 0.364 bits per heavy atom. The molecule has 0 aliphatic carbocycles. The molecular formula is C71H137NO5. The Hall–Kier alpha value is -1.66. The van der Waals surface area contributed by atoms with Crippen LogP contribution < -0.4 is 5.32 Å². The number of nitrogens with one attached hydrogen (secondary N) is 1. The van der Waals surface area contributed by atoms with E-state index in [0.717, 1.165) is 51.4 Å². The molecule has 456 valence electrons. The molecule has 0 fully saturated rings.